The van der Waals surface area contributed by atoms with E-state index >= 15 is 0 Å². The fraction of sp³-hybridized carbons (Fsp3) is 0.318. The third-order valence-electron chi connectivity index (χ3n) is 5.43. The molecule has 8 heteroatoms. The second-order valence-electron chi connectivity index (χ2n) is 7.43. The summed E-state index contributed by atoms with van der Waals surface area (Å²) in [6, 6.07) is 11.4. The Kier molecular flexibility index (Phi) is 6.29. The van der Waals surface area contributed by atoms with Gasteiger partial charge in [0.1, 0.15) is 5.82 Å². The molecule has 0 saturated heterocycles. The lowest BCUT2D eigenvalue weighted by molar-refractivity contribution is -0.384. The number of nitro groups is 1. The predicted molar refractivity (Wildman–Crippen MR) is 118 cm³/mol. The molecule has 0 atom stereocenters. The van der Waals surface area contributed by atoms with Crippen LogP contribution in [0, 0.1) is 15.9 Å². The standard InChI is InChI=1S/C22H21ClFN3O2S/c23-19-12-9-16(13-20(19)24)25-22-26(17-5-3-1-2-4-6-17)21(14-30-22)15-7-10-18(11-8-15)27(28)29/h7-14,17H,1-6H2. The highest BCUT2D eigenvalue weighted by atomic mass is 35.5. The molecule has 2 aromatic carbocycles. The molecular weight excluding hydrogens is 425 g/mol. The van der Waals surface area contributed by atoms with Gasteiger partial charge in [-0.25, -0.2) is 9.38 Å². The van der Waals surface area contributed by atoms with Gasteiger partial charge in [-0.2, -0.15) is 0 Å². The van der Waals surface area contributed by atoms with Crippen molar-refractivity contribution in [1.82, 2.24) is 4.57 Å². The first-order valence-electron chi connectivity index (χ1n) is 9.97. The van der Waals surface area contributed by atoms with Crippen LogP contribution in [0.15, 0.2) is 52.8 Å². The van der Waals surface area contributed by atoms with Gasteiger partial charge >= 0.3 is 0 Å². The zero-order valence-electron chi connectivity index (χ0n) is 16.3. The molecule has 5 nitrogen and oxygen atoms in total. The maximum atomic E-state index is 13.9. The lowest BCUT2D eigenvalue weighted by Gasteiger charge is -2.20. The predicted octanol–water partition coefficient (Wildman–Crippen LogP) is 7.05. The Balaban J connectivity index is 1.83. The van der Waals surface area contributed by atoms with E-state index in [0.717, 1.165) is 41.7 Å². The van der Waals surface area contributed by atoms with Crippen molar-refractivity contribution in [3.63, 3.8) is 0 Å². The Morgan fingerprint density at radius 2 is 1.80 bits per heavy atom. The van der Waals surface area contributed by atoms with E-state index in [-0.39, 0.29) is 10.7 Å². The summed E-state index contributed by atoms with van der Waals surface area (Å²) in [7, 11) is 0. The zero-order valence-corrected chi connectivity index (χ0v) is 17.8. The quantitative estimate of drug-likeness (QED) is 0.245. The number of rotatable bonds is 4. The Labute approximate surface area is 182 Å². The average molecular weight is 446 g/mol. The van der Waals surface area contributed by atoms with E-state index in [2.05, 4.69) is 4.57 Å². The maximum Gasteiger partial charge on any atom is 0.269 e. The number of aromatic nitrogens is 1. The summed E-state index contributed by atoms with van der Waals surface area (Å²) in [4.78, 5) is 16.1. The van der Waals surface area contributed by atoms with E-state index in [1.165, 1.54) is 48.4 Å². The van der Waals surface area contributed by atoms with Crippen LogP contribution in [-0.2, 0) is 0 Å². The van der Waals surface area contributed by atoms with Gasteiger partial charge < -0.3 is 4.57 Å². The van der Waals surface area contributed by atoms with Gasteiger partial charge in [0.15, 0.2) is 4.80 Å². The summed E-state index contributed by atoms with van der Waals surface area (Å²) in [6.07, 6.45) is 6.87. The minimum atomic E-state index is -0.494. The molecule has 1 fully saturated rings. The third kappa shape index (κ3) is 4.47. The molecule has 1 heterocycles. The van der Waals surface area contributed by atoms with E-state index in [1.54, 1.807) is 18.2 Å². The molecule has 1 aliphatic carbocycles. The monoisotopic (exact) mass is 445 g/mol. The lowest BCUT2D eigenvalue weighted by atomic mass is 10.1. The Morgan fingerprint density at radius 1 is 1.10 bits per heavy atom. The molecule has 156 valence electrons. The molecule has 0 unspecified atom stereocenters. The van der Waals surface area contributed by atoms with Crippen molar-refractivity contribution in [1.29, 1.82) is 0 Å². The van der Waals surface area contributed by atoms with E-state index in [4.69, 9.17) is 16.6 Å². The SMILES string of the molecule is O=[N+]([O-])c1ccc(-c2csc(=Nc3ccc(Cl)c(F)c3)n2C2CCCCCC2)cc1. The summed E-state index contributed by atoms with van der Waals surface area (Å²) < 4.78 is 16.1. The van der Waals surface area contributed by atoms with Crippen molar-refractivity contribution >= 4 is 34.3 Å². The minimum Gasteiger partial charge on any atom is -0.313 e. The van der Waals surface area contributed by atoms with Gasteiger partial charge in [-0.15, -0.1) is 11.3 Å². The topological polar surface area (TPSA) is 60.4 Å². The largest absolute Gasteiger partial charge is 0.313 e. The second kappa shape index (κ2) is 9.10. The van der Waals surface area contributed by atoms with Crippen molar-refractivity contribution in [3.05, 3.63) is 73.6 Å². The van der Waals surface area contributed by atoms with E-state index in [9.17, 15) is 14.5 Å². The number of benzene rings is 2. The van der Waals surface area contributed by atoms with Gasteiger partial charge in [0.05, 0.1) is 21.3 Å². The number of thiazole rings is 1. The number of hydrogen-bond donors (Lipinski definition) is 0. The average Bonchev–Trinajstić information content (AvgIpc) is 2.96. The van der Waals surface area contributed by atoms with Gasteiger partial charge in [-0.3, -0.25) is 10.1 Å². The number of halogens is 2. The van der Waals surface area contributed by atoms with Gasteiger partial charge in [-0.1, -0.05) is 37.3 Å². The van der Waals surface area contributed by atoms with Crippen molar-refractivity contribution in [2.45, 2.75) is 44.6 Å². The van der Waals surface area contributed by atoms with E-state index in [0.29, 0.717) is 11.7 Å². The summed E-state index contributed by atoms with van der Waals surface area (Å²) in [5.41, 5.74) is 2.47. The Hall–Kier alpha value is -2.51. The maximum absolute atomic E-state index is 13.9. The van der Waals surface area contributed by atoms with Crippen LogP contribution in [-0.4, -0.2) is 9.49 Å². The van der Waals surface area contributed by atoms with Gasteiger partial charge in [0, 0.05) is 29.6 Å². The molecule has 0 N–H and O–H groups in total. The van der Waals surface area contributed by atoms with E-state index in [1.807, 2.05) is 5.38 Å². The summed E-state index contributed by atoms with van der Waals surface area (Å²) in [5.74, 6) is -0.494. The van der Waals surface area contributed by atoms with Crippen molar-refractivity contribution < 1.29 is 9.31 Å². The Bertz CT molecular complexity index is 1120. The molecule has 0 aliphatic heterocycles. The first-order valence-corrected chi connectivity index (χ1v) is 11.2. The second-order valence-corrected chi connectivity index (χ2v) is 8.68. The van der Waals surface area contributed by atoms with Crippen LogP contribution in [0.1, 0.15) is 44.6 Å². The molecule has 1 aliphatic rings. The number of nitrogens with zero attached hydrogens (tertiary/aromatic N) is 3. The molecule has 1 aromatic heterocycles. The molecule has 30 heavy (non-hydrogen) atoms. The van der Waals surface area contributed by atoms with Crippen LogP contribution in [0.4, 0.5) is 15.8 Å². The number of hydrogen-bond acceptors (Lipinski definition) is 4. The molecule has 4 rings (SSSR count). The Morgan fingerprint density at radius 3 is 2.43 bits per heavy atom. The highest BCUT2D eigenvalue weighted by molar-refractivity contribution is 7.07. The number of nitro benzene ring substituents is 1. The zero-order chi connectivity index (χ0) is 21.1. The lowest BCUT2D eigenvalue weighted by Crippen LogP contribution is -2.21. The molecule has 0 bridgehead atoms. The highest BCUT2D eigenvalue weighted by Gasteiger charge is 2.20. The van der Waals surface area contributed by atoms with Crippen LogP contribution >= 0.6 is 22.9 Å². The fourth-order valence-electron chi connectivity index (χ4n) is 3.90. The van der Waals surface area contributed by atoms with Gasteiger partial charge in [0.2, 0.25) is 0 Å². The molecule has 1 saturated carbocycles. The first-order chi connectivity index (χ1) is 14.5. The summed E-state index contributed by atoms with van der Waals surface area (Å²) in [5, 5.41) is 13.1. The minimum absolute atomic E-state index is 0.0662. The van der Waals surface area contributed by atoms with Crippen LogP contribution in [0.5, 0.6) is 0 Å². The van der Waals surface area contributed by atoms with Crippen LogP contribution in [0.3, 0.4) is 0 Å². The number of non-ortho nitro benzene ring substituents is 1. The van der Waals surface area contributed by atoms with Gasteiger partial charge in [-0.05, 0) is 42.7 Å². The molecule has 0 amide bonds. The molecule has 0 radical (unpaired) electrons. The molecule has 0 spiro atoms. The van der Waals surface area contributed by atoms with Crippen LogP contribution in [0.25, 0.3) is 11.3 Å². The van der Waals surface area contributed by atoms with E-state index < -0.39 is 10.7 Å². The van der Waals surface area contributed by atoms with Crippen LogP contribution < -0.4 is 4.80 Å². The fourth-order valence-corrected chi connectivity index (χ4v) is 5.00. The normalized spacial score (nSPS) is 15.9. The molecular formula is C22H21ClFN3O2S. The van der Waals surface area contributed by atoms with Crippen molar-refractivity contribution in [2.24, 2.45) is 4.99 Å². The summed E-state index contributed by atoms with van der Waals surface area (Å²) in [6.45, 7) is 0. The third-order valence-corrected chi connectivity index (χ3v) is 6.58. The van der Waals surface area contributed by atoms with Crippen molar-refractivity contribution in [3.8, 4) is 11.3 Å². The highest BCUT2D eigenvalue weighted by Crippen LogP contribution is 2.32. The summed E-state index contributed by atoms with van der Waals surface area (Å²) >= 11 is 7.30. The smallest absolute Gasteiger partial charge is 0.269 e. The molecule has 3 aromatic rings. The van der Waals surface area contributed by atoms with Crippen molar-refractivity contribution in [2.75, 3.05) is 0 Å². The first kappa shape index (κ1) is 20.8. The van der Waals surface area contributed by atoms with Crippen LogP contribution in [0.2, 0.25) is 5.02 Å². The van der Waals surface area contributed by atoms with Gasteiger partial charge in [0.25, 0.3) is 5.69 Å².